The molecule has 1 aliphatic rings. The van der Waals surface area contributed by atoms with Crippen LogP contribution in [-0.2, 0) is 0 Å². The third-order valence-corrected chi connectivity index (χ3v) is 3.77. The lowest BCUT2D eigenvalue weighted by Gasteiger charge is -2.20. The van der Waals surface area contributed by atoms with Gasteiger partial charge in [0.1, 0.15) is 0 Å². The summed E-state index contributed by atoms with van der Waals surface area (Å²) in [6.07, 6.45) is 3.26. The Balaban J connectivity index is 2.04. The maximum Gasteiger partial charge on any atom is 0.0569 e. The first-order valence-electron chi connectivity index (χ1n) is 6.54. The van der Waals surface area contributed by atoms with Crippen LogP contribution in [0.5, 0.6) is 0 Å². The van der Waals surface area contributed by atoms with E-state index < -0.39 is 0 Å². The first-order valence-corrected chi connectivity index (χ1v) is 6.54. The lowest BCUT2D eigenvalue weighted by atomic mass is 9.95. The minimum atomic E-state index is 0.0195. The quantitative estimate of drug-likeness (QED) is 0.872. The van der Waals surface area contributed by atoms with Gasteiger partial charge in [-0.1, -0.05) is 13.8 Å². The largest absolute Gasteiger partial charge is 0.370 e. The van der Waals surface area contributed by atoms with E-state index in [0.29, 0.717) is 0 Å². The average molecular weight is 233 g/mol. The minimum absolute atomic E-state index is 0.0195. The van der Waals surface area contributed by atoms with Crippen molar-refractivity contribution in [2.45, 2.75) is 33.2 Å². The SMILES string of the molecule is CC(N)c1ccc(N2CCC(C(C)C)C2)cn1. The van der Waals surface area contributed by atoms with Gasteiger partial charge in [-0.15, -0.1) is 0 Å². The van der Waals surface area contributed by atoms with E-state index in [9.17, 15) is 0 Å². The van der Waals surface area contributed by atoms with Crippen molar-refractivity contribution in [1.82, 2.24) is 4.98 Å². The summed E-state index contributed by atoms with van der Waals surface area (Å²) in [5.41, 5.74) is 8.00. The molecule has 0 aromatic carbocycles. The highest BCUT2D eigenvalue weighted by Gasteiger charge is 2.25. The molecule has 3 heteroatoms. The van der Waals surface area contributed by atoms with E-state index >= 15 is 0 Å². The van der Waals surface area contributed by atoms with Crippen molar-refractivity contribution in [2.24, 2.45) is 17.6 Å². The van der Waals surface area contributed by atoms with Crippen LogP contribution in [0.15, 0.2) is 18.3 Å². The molecule has 1 saturated heterocycles. The van der Waals surface area contributed by atoms with Crippen LogP contribution in [0, 0.1) is 11.8 Å². The minimum Gasteiger partial charge on any atom is -0.370 e. The summed E-state index contributed by atoms with van der Waals surface area (Å²) in [5, 5.41) is 0. The van der Waals surface area contributed by atoms with E-state index in [1.54, 1.807) is 0 Å². The van der Waals surface area contributed by atoms with Crippen molar-refractivity contribution in [3.05, 3.63) is 24.0 Å². The molecule has 0 bridgehead atoms. The summed E-state index contributed by atoms with van der Waals surface area (Å²) >= 11 is 0. The van der Waals surface area contributed by atoms with Gasteiger partial charge in [-0.05, 0) is 37.3 Å². The molecule has 2 unspecified atom stereocenters. The molecule has 2 N–H and O–H groups in total. The van der Waals surface area contributed by atoms with Gasteiger partial charge in [-0.2, -0.15) is 0 Å². The van der Waals surface area contributed by atoms with Crippen LogP contribution in [0.4, 0.5) is 5.69 Å². The number of hydrogen-bond acceptors (Lipinski definition) is 3. The van der Waals surface area contributed by atoms with Gasteiger partial charge in [-0.3, -0.25) is 4.98 Å². The first kappa shape index (κ1) is 12.4. The van der Waals surface area contributed by atoms with Crippen LogP contribution in [0.2, 0.25) is 0 Å². The molecular formula is C14H23N3. The molecule has 0 aliphatic carbocycles. The summed E-state index contributed by atoms with van der Waals surface area (Å²) in [4.78, 5) is 6.86. The van der Waals surface area contributed by atoms with Gasteiger partial charge in [-0.25, -0.2) is 0 Å². The Morgan fingerprint density at radius 1 is 1.35 bits per heavy atom. The second-order valence-corrected chi connectivity index (χ2v) is 5.47. The van der Waals surface area contributed by atoms with Crippen LogP contribution < -0.4 is 10.6 Å². The number of nitrogens with zero attached hydrogens (tertiary/aromatic N) is 2. The Labute approximate surface area is 104 Å². The van der Waals surface area contributed by atoms with Crippen LogP contribution in [0.25, 0.3) is 0 Å². The van der Waals surface area contributed by atoms with E-state index in [2.05, 4.69) is 29.8 Å². The highest BCUT2D eigenvalue weighted by Crippen LogP contribution is 2.28. The van der Waals surface area contributed by atoms with Crippen molar-refractivity contribution in [3.8, 4) is 0 Å². The lowest BCUT2D eigenvalue weighted by molar-refractivity contribution is 0.423. The van der Waals surface area contributed by atoms with Crippen molar-refractivity contribution in [3.63, 3.8) is 0 Å². The summed E-state index contributed by atoms with van der Waals surface area (Å²) in [5.74, 6) is 1.60. The van der Waals surface area contributed by atoms with Crippen LogP contribution in [0.3, 0.4) is 0 Å². The zero-order chi connectivity index (χ0) is 12.4. The molecule has 1 aromatic heterocycles. The molecule has 2 atom stereocenters. The third-order valence-electron chi connectivity index (χ3n) is 3.77. The fraction of sp³-hybridized carbons (Fsp3) is 0.643. The van der Waals surface area contributed by atoms with Gasteiger partial charge >= 0.3 is 0 Å². The number of aromatic nitrogens is 1. The van der Waals surface area contributed by atoms with Crippen LogP contribution in [-0.4, -0.2) is 18.1 Å². The summed E-state index contributed by atoms with van der Waals surface area (Å²) in [7, 11) is 0. The molecule has 0 spiro atoms. The number of nitrogens with two attached hydrogens (primary N) is 1. The van der Waals surface area contributed by atoms with Gasteiger partial charge in [0.15, 0.2) is 0 Å². The average Bonchev–Trinajstić information content (AvgIpc) is 2.78. The molecule has 1 aromatic rings. The summed E-state index contributed by atoms with van der Waals surface area (Å²) in [6, 6.07) is 4.21. The van der Waals surface area contributed by atoms with Crippen molar-refractivity contribution in [1.29, 1.82) is 0 Å². The van der Waals surface area contributed by atoms with E-state index in [1.165, 1.54) is 12.1 Å². The second-order valence-electron chi connectivity index (χ2n) is 5.47. The van der Waals surface area contributed by atoms with Crippen LogP contribution in [0.1, 0.15) is 38.9 Å². The highest BCUT2D eigenvalue weighted by molar-refractivity contribution is 5.45. The zero-order valence-electron chi connectivity index (χ0n) is 11.1. The van der Waals surface area contributed by atoms with Crippen molar-refractivity contribution in [2.75, 3.05) is 18.0 Å². The van der Waals surface area contributed by atoms with Gasteiger partial charge < -0.3 is 10.6 Å². The normalized spacial score (nSPS) is 22.2. The molecule has 0 amide bonds. The summed E-state index contributed by atoms with van der Waals surface area (Å²) in [6.45, 7) is 8.91. The van der Waals surface area contributed by atoms with Crippen molar-refractivity contribution >= 4 is 5.69 Å². The Kier molecular flexibility index (Phi) is 3.67. The van der Waals surface area contributed by atoms with Gasteiger partial charge in [0.25, 0.3) is 0 Å². The number of anilines is 1. The van der Waals surface area contributed by atoms with Gasteiger partial charge in [0, 0.05) is 19.1 Å². The second kappa shape index (κ2) is 5.05. The standard InChI is InChI=1S/C14H23N3/c1-10(2)12-6-7-17(9-12)13-4-5-14(11(3)15)16-8-13/h4-5,8,10-12H,6-7,9,15H2,1-3H3. The zero-order valence-corrected chi connectivity index (χ0v) is 11.1. The van der Waals surface area contributed by atoms with Crippen molar-refractivity contribution < 1.29 is 0 Å². The molecular weight excluding hydrogens is 210 g/mol. The molecule has 0 radical (unpaired) electrons. The predicted molar refractivity (Wildman–Crippen MR) is 72.0 cm³/mol. The maximum absolute atomic E-state index is 5.80. The highest BCUT2D eigenvalue weighted by atomic mass is 15.2. The van der Waals surface area contributed by atoms with E-state index in [4.69, 9.17) is 5.73 Å². The molecule has 3 nitrogen and oxygen atoms in total. The molecule has 0 saturated carbocycles. The van der Waals surface area contributed by atoms with E-state index in [1.807, 2.05) is 19.2 Å². The molecule has 17 heavy (non-hydrogen) atoms. The summed E-state index contributed by atoms with van der Waals surface area (Å²) < 4.78 is 0. The van der Waals surface area contributed by atoms with Gasteiger partial charge in [0.2, 0.25) is 0 Å². The lowest BCUT2D eigenvalue weighted by Crippen LogP contribution is -2.21. The van der Waals surface area contributed by atoms with Crippen LogP contribution >= 0.6 is 0 Å². The smallest absolute Gasteiger partial charge is 0.0569 e. The van der Waals surface area contributed by atoms with Gasteiger partial charge in [0.05, 0.1) is 17.6 Å². The maximum atomic E-state index is 5.80. The third kappa shape index (κ3) is 2.78. The monoisotopic (exact) mass is 233 g/mol. The molecule has 2 rings (SSSR count). The fourth-order valence-corrected chi connectivity index (χ4v) is 2.42. The van der Waals surface area contributed by atoms with E-state index in [0.717, 1.165) is 30.6 Å². The number of hydrogen-bond donors (Lipinski definition) is 1. The molecule has 1 aliphatic heterocycles. The Morgan fingerprint density at radius 2 is 2.12 bits per heavy atom. The first-order chi connectivity index (χ1) is 8.08. The number of pyridine rings is 1. The molecule has 2 heterocycles. The fourth-order valence-electron chi connectivity index (χ4n) is 2.42. The Bertz CT molecular complexity index is 356. The topological polar surface area (TPSA) is 42.1 Å². The molecule has 94 valence electrons. The number of rotatable bonds is 3. The Morgan fingerprint density at radius 3 is 2.59 bits per heavy atom. The predicted octanol–water partition coefficient (Wildman–Crippen LogP) is 2.58. The Hall–Kier alpha value is -1.09. The van der Waals surface area contributed by atoms with E-state index in [-0.39, 0.29) is 6.04 Å². The molecule has 1 fully saturated rings.